The molecule has 1 aliphatic carbocycles. The highest BCUT2D eigenvalue weighted by atomic mass is 19.1. The minimum Gasteiger partial charge on any atom is -0.460 e. The molecule has 110 valence electrons. The fourth-order valence-electron chi connectivity index (χ4n) is 2.28. The molecule has 4 nitrogen and oxygen atoms in total. The monoisotopic (exact) mass is 290 g/mol. The normalized spacial score (nSPS) is 19.8. The van der Waals surface area contributed by atoms with Gasteiger partial charge in [0.2, 0.25) is 0 Å². The Bertz CT molecular complexity index is 601. The van der Waals surface area contributed by atoms with Crippen LogP contribution in [0, 0.1) is 11.7 Å². The Kier molecular flexibility index (Phi) is 4.62. The summed E-state index contributed by atoms with van der Waals surface area (Å²) in [6.45, 7) is 1.70. The zero-order valence-corrected chi connectivity index (χ0v) is 11.6. The largest absolute Gasteiger partial charge is 0.460 e. The van der Waals surface area contributed by atoms with E-state index in [2.05, 4.69) is 4.74 Å². The summed E-state index contributed by atoms with van der Waals surface area (Å²) in [7, 11) is 0. The molecule has 0 radical (unpaired) electrons. The van der Waals surface area contributed by atoms with Crippen LogP contribution in [-0.4, -0.2) is 24.1 Å². The van der Waals surface area contributed by atoms with Crippen LogP contribution in [0.3, 0.4) is 0 Å². The van der Waals surface area contributed by atoms with E-state index in [1.807, 2.05) is 0 Å². The summed E-state index contributed by atoms with van der Waals surface area (Å²) in [6.07, 6.45) is 2.36. The molecular formula is C16H15FO4. The fraction of sp³-hybridized carbons (Fsp3) is 0.312. The van der Waals surface area contributed by atoms with Gasteiger partial charge in [0.25, 0.3) is 5.78 Å². The molecule has 0 N–H and O–H groups in total. The number of carbonyl (C=O) groups is 3. The molecule has 1 saturated carbocycles. The van der Waals surface area contributed by atoms with E-state index in [-0.39, 0.29) is 18.2 Å². The van der Waals surface area contributed by atoms with Gasteiger partial charge in [0, 0.05) is 0 Å². The number of rotatable bonds is 4. The van der Waals surface area contributed by atoms with Crippen LogP contribution >= 0.6 is 0 Å². The van der Waals surface area contributed by atoms with Crippen molar-refractivity contribution in [1.82, 2.24) is 0 Å². The zero-order valence-electron chi connectivity index (χ0n) is 11.6. The number of Topliss-reactive ketones (excluding diaryl/α,β-unsaturated/α-hetero) is 2. The van der Waals surface area contributed by atoms with Crippen LogP contribution in [0.25, 0.3) is 6.08 Å². The highest BCUT2D eigenvalue weighted by Gasteiger charge is 2.38. The number of halogens is 1. The summed E-state index contributed by atoms with van der Waals surface area (Å²) in [5.41, 5.74) is 1.16. The quantitative estimate of drug-likeness (QED) is 0.369. The molecule has 0 saturated heterocycles. The summed E-state index contributed by atoms with van der Waals surface area (Å²) in [5, 5.41) is 0. The number of hydrogen-bond donors (Lipinski definition) is 0. The van der Waals surface area contributed by atoms with E-state index in [0.717, 1.165) is 0 Å². The molecule has 5 heteroatoms. The minimum atomic E-state index is -0.959. The van der Waals surface area contributed by atoms with E-state index >= 15 is 0 Å². The second-order valence-corrected chi connectivity index (χ2v) is 4.76. The smallest absolute Gasteiger partial charge is 0.375 e. The van der Waals surface area contributed by atoms with Crippen molar-refractivity contribution in [2.75, 3.05) is 6.61 Å². The molecule has 0 heterocycles. The number of ether oxygens (including phenoxy) is 1. The zero-order chi connectivity index (χ0) is 15.4. The van der Waals surface area contributed by atoms with Crippen LogP contribution in [0.4, 0.5) is 4.39 Å². The second kappa shape index (κ2) is 6.43. The molecule has 0 aliphatic heterocycles. The van der Waals surface area contributed by atoms with Crippen molar-refractivity contribution in [2.24, 2.45) is 5.92 Å². The first kappa shape index (κ1) is 15.1. The van der Waals surface area contributed by atoms with Gasteiger partial charge in [-0.25, -0.2) is 9.18 Å². The van der Waals surface area contributed by atoms with Crippen molar-refractivity contribution in [3.8, 4) is 0 Å². The van der Waals surface area contributed by atoms with Crippen LogP contribution in [0.2, 0.25) is 0 Å². The lowest BCUT2D eigenvalue weighted by molar-refractivity contribution is -0.156. The van der Waals surface area contributed by atoms with Gasteiger partial charge in [-0.3, -0.25) is 9.59 Å². The first-order valence-electron chi connectivity index (χ1n) is 6.74. The Hall–Kier alpha value is -2.30. The van der Waals surface area contributed by atoms with E-state index < -0.39 is 17.7 Å². The Morgan fingerprint density at radius 3 is 2.62 bits per heavy atom. The molecule has 0 aromatic heterocycles. The Labute approximate surface area is 121 Å². The van der Waals surface area contributed by atoms with Crippen molar-refractivity contribution in [3.05, 3.63) is 41.2 Å². The third-order valence-electron chi connectivity index (χ3n) is 3.34. The minimum absolute atomic E-state index is 0.101. The van der Waals surface area contributed by atoms with Gasteiger partial charge >= 0.3 is 5.97 Å². The standard InChI is InChI=1S/C16H15FO4/c1-2-21-16(20)15(19)13-8-5-11(14(13)18)9-10-3-6-12(17)7-4-10/h3-4,6-7,9,13H,2,5,8H2,1H3. The maximum atomic E-state index is 12.8. The number of esters is 1. The van der Waals surface area contributed by atoms with Crippen molar-refractivity contribution < 1.29 is 23.5 Å². The van der Waals surface area contributed by atoms with Gasteiger partial charge in [0.15, 0.2) is 5.78 Å². The molecule has 1 aromatic carbocycles. The first-order valence-corrected chi connectivity index (χ1v) is 6.74. The van der Waals surface area contributed by atoms with Crippen LogP contribution < -0.4 is 0 Å². The van der Waals surface area contributed by atoms with E-state index in [0.29, 0.717) is 24.0 Å². The van der Waals surface area contributed by atoms with Gasteiger partial charge in [-0.05, 0) is 49.1 Å². The summed E-state index contributed by atoms with van der Waals surface area (Å²) in [5.74, 6) is -3.40. The van der Waals surface area contributed by atoms with Gasteiger partial charge < -0.3 is 4.74 Å². The SMILES string of the molecule is CCOC(=O)C(=O)C1CCC(=Cc2ccc(F)cc2)C1=O. The van der Waals surface area contributed by atoms with Crippen LogP contribution in [0.1, 0.15) is 25.3 Å². The molecule has 1 atom stereocenters. The molecular weight excluding hydrogens is 275 g/mol. The second-order valence-electron chi connectivity index (χ2n) is 4.76. The van der Waals surface area contributed by atoms with E-state index in [9.17, 15) is 18.8 Å². The molecule has 1 aliphatic rings. The number of hydrogen-bond acceptors (Lipinski definition) is 4. The maximum Gasteiger partial charge on any atom is 0.375 e. The molecule has 0 amide bonds. The Morgan fingerprint density at radius 1 is 1.33 bits per heavy atom. The van der Waals surface area contributed by atoms with Gasteiger partial charge in [-0.2, -0.15) is 0 Å². The summed E-state index contributed by atoms with van der Waals surface area (Å²) < 4.78 is 17.5. The van der Waals surface area contributed by atoms with Crippen LogP contribution in [-0.2, 0) is 19.1 Å². The molecule has 1 unspecified atom stereocenters. The molecule has 21 heavy (non-hydrogen) atoms. The first-order chi connectivity index (χ1) is 10.0. The van der Waals surface area contributed by atoms with Gasteiger partial charge in [0.1, 0.15) is 5.82 Å². The van der Waals surface area contributed by atoms with E-state index in [4.69, 9.17) is 0 Å². The molecule has 0 spiro atoms. The lowest BCUT2D eigenvalue weighted by Gasteiger charge is -2.05. The van der Waals surface area contributed by atoms with E-state index in [1.165, 1.54) is 12.1 Å². The van der Waals surface area contributed by atoms with Crippen molar-refractivity contribution in [2.45, 2.75) is 19.8 Å². The summed E-state index contributed by atoms with van der Waals surface area (Å²) in [4.78, 5) is 35.4. The highest BCUT2D eigenvalue weighted by Crippen LogP contribution is 2.29. The van der Waals surface area contributed by atoms with Gasteiger partial charge in [-0.1, -0.05) is 12.1 Å². The molecule has 2 rings (SSSR count). The number of ketones is 2. The fourth-order valence-corrected chi connectivity index (χ4v) is 2.28. The molecule has 0 bridgehead atoms. The molecule has 1 fully saturated rings. The van der Waals surface area contributed by atoms with Crippen molar-refractivity contribution in [1.29, 1.82) is 0 Å². The summed E-state index contributed by atoms with van der Waals surface area (Å²) >= 11 is 0. The van der Waals surface area contributed by atoms with Gasteiger partial charge in [0.05, 0.1) is 12.5 Å². The average molecular weight is 290 g/mol. The number of carbonyl (C=O) groups excluding carboxylic acids is 3. The lowest BCUT2D eigenvalue weighted by Crippen LogP contribution is -2.28. The van der Waals surface area contributed by atoms with Crippen molar-refractivity contribution in [3.63, 3.8) is 0 Å². The predicted molar refractivity (Wildman–Crippen MR) is 73.7 cm³/mol. The van der Waals surface area contributed by atoms with E-state index in [1.54, 1.807) is 25.1 Å². The van der Waals surface area contributed by atoms with Crippen LogP contribution in [0.15, 0.2) is 29.8 Å². The van der Waals surface area contributed by atoms with Crippen molar-refractivity contribution >= 4 is 23.6 Å². The Balaban J connectivity index is 2.12. The van der Waals surface area contributed by atoms with Crippen LogP contribution in [0.5, 0.6) is 0 Å². The third-order valence-corrected chi connectivity index (χ3v) is 3.34. The number of allylic oxidation sites excluding steroid dienone is 1. The topological polar surface area (TPSA) is 60.4 Å². The van der Waals surface area contributed by atoms with Gasteiger partial charge in [-0.15, -0.1) is 0 Å². The molecule has 1 aromatic rings. The summed E-state index contributed by atoms with van der Waals surface area (Å²) in [6, 6.07) is 5.70. The maximum absolute atomic E-state index is 12.8. The number of benzene rings is 1. The Morgan fingerprint density at radius 2 is 2.00 bits per heavy atom. The third kappa shape index (κ3) is 3.42. The average Bonchev–Trinajstić information content (AvgIpc) is 2.82. The highest BCUT2D eigenvalue weighted by molar-refractivity contribution is 6.40. The predicted octanol–water partition coefficient (Wildman–Crippen LogP) is 2.32. The lowest BCUT2D eigenvalue weighted by atomic mass is 10.0.